The summed E-state index contributed by atoms with van der Waals surface area (Å²) in [5.41, 5.74) is 3.54. The number of carbonyl (C=O) groups excluding carboxylic acids is 1. The molecular formula is C31H24FN3O4S2. The second-order valence-corrected chi connectivity index (χ2v) is 12.7. The minimum atomic E-state index is -3.66. The van der Waals surface area contributed by atoms with Crippen molar-refractivity contribution in [3.05, 3.63) is 96.6 Å². The summed E-state index contributed by atoms with van der Waals surface area (Å²) in [5, 5.41) is 4.26. The van der Waals surface area contributed by atoms with Crippen LogP contribution in [0, 0.1) is 5.82 Å². The highest BCUT2D eigenvalue weighted by atomic mass is 32.2. The van der Waals surface area contributed by atoms with Gasteiger partial charge >= 0.3 is 0 Å². The molecule has 0 aliphatic carbocycles. The van der Waals surface area contributed by atoms with Crippen molar-refractivity contribution in [2.45, 2.75) is 0 Å². The van der Waals surface area contributed by atoms with E-state index in [2.05, 4.69) is 28.5 Å². The first-order valence-electron chi connectivity index (χ1n) is 12.6. The van der Waals surface area contributed by atoms with E-state index in [4.69, 9.17) is 4.42 Å². The zero-order chi connectivity index (χ0) is 28.9. The third-order valence-electron chi connectivity index (χ3n) is 6.96. The van der Waals surface area contributed by atoms with E-state index in [1.165, 1.54) is 42.7 Å². The van der Waals surface area contributed by atoms with Gasteiger partial charge in [-0.05, 0) is 53.9 Å². The fourth-order valence-electron chi connectivity index (χ4n) is 4.80. The van der Waals surface area contributed by atoms with Crippen molar-refractivity contribution in [3.63, 3.8) is 0 Å². The number of nitrogens with zero attached hydrogens (tertiary/aromatic N) is 2. The van der Waals surface area contributed by atoms with Gasteiger partial charge in [0.1, 0.15) is 17.2 Å². The summed E-state index contributed by atoms with van der Waals surface area (Å²) in [5.74, 6) is -0.561. The molecule has 0 atom stereocenters. The number of hydrogen-bond acceptors (Lipinski definition) is 6. The first kappa shape index (κ1) is 26.7. The van der Waals surface area contributed by atoms with Crippen molar-refractivity contribution in [3.8, 4) is 32.9 Å². The van der Waals surface area contributed by atoms with Gasteiger partial charge in [0.05, 0.1) is 17.5 Å². The Morgan fingerprint density at radius 2 is 1.71 bits per heavy atom. The summed E-state index contributed by atoms with van der Waals surface area (Å²) < 4.78 is 47.5. The highest BCUT2D eigenvalue weighted by molar-refractivity contribution is 7.92. The van der Waals surface area contributed by atoms with E-state index in [0.717, 1.165) is 26.8 Å². The van der Waals surface area contributed by atoms with Crippen LogP contribution in [-0.4, -0.2) is 39.7 Å². The highest BCUT2D eigenvalue weighted by Gasteiger charge is 2.26. The summed E-state index contributed by atoms with van der Waals surface area (Å²) in [6, 6.07) is 21.1. The summed E-state index contributed by atoms with van der Waals surface area (Å²) in [4.78, 5) is 18.6. The standard InChI is InChI=1S/C31H24FN3O4S2/c1-33-31(36)29-24-14-23(20-12-21(17-34-16-20)28-13-19-6-4-5-7-27(19)40-28)25(35(2)41(3,37)38)15-26(24)39-30(29)18-8-10-22(32)11-9-18/h4-17H,1-3H3,(H,33,36). The zero-order valence-corrected chi connectivity index (χ0v) is 23.9. The van der Waals surface area contributed by atoms with E-state index in [0.29, 0.717) is 33.3 Å². The predicted molar refractivity (Wildman–Crippen MR) is 162 cm³/mol. The van der Waals surface area contributed by atoms with Crippen LogP contribution in [0.1, 0.15) is 10.4 Å². The monoisotopic (exact) mass is 585 g/mol. The van der Waals surface area contributed by atoms with Gasteiger partial charge in [0.25, 0.3) is 5.91 Å². The van der Waals surface area contributed by atoms with Gasteiger partial charge in [0.15, 0.2) is 0 Å². The largest absolute Gasteiger partial charge is 0.455 e. The maximum absolute atomic E-state index is 13.7. The topological polar surface area (TPSA) is 92.5 Å². The van der Waals surface area contributed by atoms with E-state index in [-0.39, 0.29) is 11.3 Å². The van der Waals surface area contributed by atoms with Gasteiger partial charge in [-0.3, -0.25) is 14.1 Å². The van der Waals surface area contributed by atoms with Crippen LogP contribution in [0.15, 0.2) is 89.6 Å². The fraction of sp³-hybridized carbons (Fsp3) is 0.0968. The molecule has 0 radical (unpaired) electrons. The number of hydrogen-bond donors (Lipinski definition) is 1. The van der Waals surface area contributed by atoms with Crippen LogP contribution in [0.5, 0.6) is 0 Å². The normalized spacial score (nSPS) is 11.7. The summed E-state index contributed by atoms with van der Waals surface area (Å²) in [7, 11) is -0.684. The van der Waals surface area contributed by atoms with E-state index >= 15 is 0 Å². The van der Waals surface area contributed by atoms with Crippen molar-refractivity contribution in [1.82, 2.24) is 10.3 Å². The van der Waals surface area contributed by atoms with E-state index in [9.17, 15) is 17.6 Å². The Morgan fingerprint density at radius 3 is 2.41 bits per heavy atom. The van der Waals surface area contributed by atoms with Gasteiger partial charge in [-0.2, -0.15) is 0 Å². The maximum Gasteiger partial charge on any atom is 0.255 e. The number of aromatic nitrogens is 1. The lowest BCUT2D eigenvalue weighted by molar-refractivity contribution is 0.0964. The van der Waals surface area contributed by atoms with Crippen molar-refractivity contribution in [2.24, 2.45) is 0 Å². The van der Waals surface area contributed by atoms with Crippen LogP contribution in [0.4, 0.5) is 10.1 Å². The number of pyridine rings is 1. The molecule has 3 aromatic heterocycles. The third-order valence-corrected chi connectivity index (χ3v) is 9.32. The molecule has 41 heavy (non-hydrogen) atoms. The number of amides is 1. The number of anilines is 1. The quantitative estimate of drug-likeness (QED) is 0.229. The molecular weight excluding hydrogens is 561 g/mol. The molecule has 7 nitrogen and oxygen atoms in total. The summed E-state index contributed by atoms with van der Waals surface area (Å²) in [6.45, 7) is 0. The Morgan fingerprint density at radius 1 is 0.976 bits per heavy atom. The lowest BCUT2D eigenvalue weighted by Crippen LogP contribution is -2.25. The Labute approximate surface area is 239 Å². The lowest BCUT2D eigenvalue weighted by atomic mass is 9.98. The SMILES string of the molecule is CNC(=O)c1c(-c2ccc(F)cc2)oc2cc(N(C)S(C)(=O)=O)c(-c3cncc(-c4cc5ccccc5s4)c3)cc12. The summed E-state index contributed by atoms with van der Waals surface area (Å²) in [6.07, 6.45) is 4.56. The van der Waals surface area contributed by atoms with Crippen LogP contribution in [0.3, 0.4) is 0 Å². The number of benzene rings is 3. The molecule has 6 rings (SSSR count). The van der Waals surface area contributed by atoms with Crippen LogP contribution >= 0.6 is 11.3 Å². The maximum atomic E-state index is 13.7. The molecule has 3 heterocycles. The van der Waals surface area contributed by atoms with Crippen molar-refractivity contribution in [1.29, 1.82) is 0 Å². The van der Waals surface area contributed by atoms with Crippen molar-refractivity contribution in [2.75, 3.05) is 24.7 Å². The molecule has 0 saturated heterocycles. The number of nitrogens with one attached hydrogen (secondary N) is 1. The number of thiophene rings is 1. The lowest BCUT2D eigenvalue weighted by Gasteiger charge is -2.20. The average molecular weight is 586 g/mol. The van der Waals surface area contributed by atoms with Crippen LogP contribution in [0.25, 0.3) is 53.9 Å². The third kappa shape index (κ3) is 4.85. The Hall–Kier alpha value is -4.54. The first-order valence-corrected chi connectivity index (χ1v) is 15.3. The minimum absolute atomic E-state index is 0.251. The molecule has 206 valence electrons. The van der Waals surface area contributed by atoms with Gasteiger partial charge in [-0.1, -0.05) is 18.2 Å². The van der Waals surface area contributed by atoms with Gasteiger partial charge in [-0.15, -0.1) is 11.3 Å². The van der Waals surface area contributed by atoms with Crippen LogP contribution < -0.4 is 9.62 Å². The molecule has 0 fully saturated rings. The number of carbonyl (C=O) groups is 1. The number of furan rings is 1. The number of fused-ring (bicyclic) bond motifs is 2. The molecule has 10 heteroatoms. The molecule has 0 spiro atoms. The van der Waals surface area contributed by atoms with E-state index < -0.39 is 21.7 Å². The second-order valence-electron chi connectivity index (χ2n) is 9.60. The van der Waals surface area contributed by atoms with E-state index in [1.54, 1.807) is 35.9 Å². The van der Waals surface area contributed by atoms with Crippen LogP contribution in [0.2, 0.25) is 0 Å². The molecule has 1 amide bonds. The van der Waals surface area contributed by atoms with Crippen molar-refractivity contribution >= 4 is 54.0 Å². The number of sulfonamides is 1. The van der Waals surface area contributed by atoms with Gasteiger partial charge in [0.2, 0.25) is 10.0 Å². The van der Waals surface area contributed by atoms with Gasteiger partial charge in [-0.25, -0.2) is 12.8 Å². The molecule has 0 aliphatic heterocycles. The zero-order valence-electron chi connectivity index (χ0n) is 22.3. The number of rotatable bonds is 6. The Balaban J connectivity index is 1.61. The highest BCUT2D eigenvalue weighted by Crippen LogP contribution is 2.42. The van der Waals surface area contributed by atoms with Crippen molar-refractivity contribution < 1.29 is 22.0 Å². The fourth-order valence-corrected chi connectivity index (χ4v) is 6.36. The Bertz CT molecular complexity index is 2030. The molecule has 0 unspecified atom stereocenters. The molecule has 6 aromatic rings. The molecule has 0 saturated carbocycles. The average Bonchev–Trinajstić information content (AvgIpc) is 3.57. The molecule has 0 bridgehead atoms. The summed E-state index contributed by atoms with van der Waals surface area (Å²) >= 11 is 1.64. The second kappa shape index (κ2) is 10.1. The van der Waals surface area contributed by atoms with E-state index in [1.807, 2.05) is 18.2 Å². The van der Waals surface area contributed by atoms with Gasteiger partial charge in [0, 0.05) is 69.8 Å². The number of halogens is 1. The minimum Gasteiger partial charge on any atom is -0.455 e. The van der Waals surface area contributed by atoms with Crippen LogP contribution in [-0.2, 0) is 10.0 Å². The Kier molecular flexibility index (Phi) is 6.59. The smallest absolute Gasteiger partial charge is 0.255 e. The van der Waals surface area contributed by atoms with Gasteiger partial charge < -0.3 is 9.73 Å². The molecule has 3 aromatic carbocycles. The first-order chi connectivity index (χ1) is 19.6. The predicted octanol–water partition coefficient (Wildman–Crippen LogP) is 6.94. The molecule has 0 aliphatic rings. The molecule has 1 N–H and O–H groups in total.